The Bertz CT molecular complexity index is 258. The number of aliphatic hydroxyl groups is 1. The van der Waals surface area contributed by atoms with E-state index in [0.29, 0.717) is 18.6 Å². The Labute approximate surface area is 102 Å². The molecule has 0 aliphatic rings. The highest BCUT2D eigenvalue weighted by Crippen LogP contribution is 1.89. The molecule has 0 aliphatic heterocycles. The SMILES string of the molecule is C=C(C)C(=O)OCC.C=CC(=O)OCCCO. The maximum absolute atomic E-state index is 10.4. The van der Waals surface area contributed by atoms with Gasteiger partial charge in [-0.1, -0.05) is 13.2 Å². The molecule has 0 amide bonds. The minimum atomic E-state index is -0.441. The lowest BCUT2D eigenvalue weighted by molar-refractivity contribution is -0.139. The van der Waals surface area contributed by atoms with Crippen molar-refractivity contribution in [2.24, 2.45) is 0 Å². The molecule has 0 fully saturated rings. The average Bonchev–Trinajstić information content (AvgIpc) is 2.30. The second-order valence-corrected chi connectivity index (χ2v) is 2.95. The summed E-state index contributed by atoms with van der Waals surface area (Å²) in [5.74, 6) is -0.754. The minimum absolute atomic E-state index is 0.0461. The van der Waals surface area contributed by atoms with Crippen LogP contribution in [0.15, 0.2) is 24.8 Å². The molecule has 0 heterocycles. The van der Waals surface area contributed by atoms with Crippen molar-refractivity contribution in [2.75, 3.05) is 19.8 Å². The van der Waals surface area contributed by atoms with Crippen LogP contribution < -0.4 is 0 Å². The van der Waals surface area contributed by atoms with Crippen LogP contribution in [0.2, 0.25) is 0 Å². The third-order valence-electron chi connectivity index (χ3n) is 1.34. The maximum atomic E-state index is 10.4. The minimum Gasteiger partial charge on any atom is -0.463 e. The largest absolute Gasteiger partial charge is 0.463 e. The Kier molecular flexibility index (Phi) is 13.0. The molecule has 5 nitrogen and oxygen atoms in total. The van der Waals surface area contributed by atoms with Crippen LogP contribution in [0, 0.1) is 0 Å². The Morgan fingerprint density at radius 3 is 2.24 bits per heavy atom. The summed E-state index contributed by atoms with van der Waals surface area (Å²) in [7, 11) is 0. The molecule has 0 rings (SSSR count). The average molecular weight is 244 g/mol. The zero-order valence-corrected chi connectivity index (χ0v) is 10.4. The lowest BCUT2D eigenvalue weighted by Gasteiger charge is -1.96. The molecule has 0 unspecified atom stereocenters. The number of carbonyl (C=O) groups is 2. The summed E-state index contributed by atoms with van der Waals surface area (Å²) in [6.07, 6.45) is 1.58. The van der Waals surface area contributed by atoms with E-state index in [1.807, 2.05) is 0 Å². The first kappa shape index (κ1) is 17.8. The smallest absolute Gasteiger partial charge is 0.333 e. The molecule has 0 radical (unpaired) electrons. The second-order valence-electron chi connectivity index (χ2n) is 2.95. The molecule has 0 saturated carbocycles. The molecule has 5 heteroatoms. The zero-order chi connectivity index (χ0) is 13.7. The van der Waals surface area contributed by atoms with Gasteiger partial charge in [-0.05, 0) is 13.8 Å². The van der Waals surface area contributed by atoms with Crippen LogP contribution in [-0.4, -0.2) is 36.9 Å². The maximum Gasteiger partial charge on any atom is 0.333 e. The molecule has 0 aromatic carbocycles. The Morgan fingerprint density at radius 1 is 1.35 bits per heavy atom. The standard InChI is InChI=1S/C6H10O3.C6H10O2/c1-2-6(8)9-5-3-4-7;1-4-8-6(7)5(2)3/h2,7H,1,3-5H2;2,4H2,1,3H3. The number of esters is 2. The van der Waals surface area contributed by atoms with Gasteiger partial charge >= 0.3 is 11.9 Å². The van der Waals surface area contributed by atoms with Gasteiger partial charge in [-0.25, -0.2) is 9.59 Å². The summed E-state index contributed by atoms with van der Waals surface area (Å²) in [5, 5.41) is 8.23. The van der Waals surface area contributed by atoms with Gasteiger partial charge < -0.3 is 14.6 Å². The summed E-state index contributed by atoms with van der Waals surface area (Å²) in [6, 6.07) is 0. The quantitative estimate of drug-likeness (QED) is 0.432. The lowest BCUT2D eigenvalue weighted by atomic mass is 10.4. The van der Waals surface area contributed by atoms with Gasteiger partial charge in [0.2, 0.25) is 0 Å². The monoisotopic (exact) mass is 244 g/mol. The second kappa shape index (κ2) is 12.4. The molecule has 0 aliphatic carbocycles. The molecule has 1 N–H and O–H groups in total. The molecule has 0 aromatic rings. The first-order valence-electron chi connectivity index (χ1n) is 5.22. The van der Waals surface area contributed by atoms with Crippen molar-refractivity contribution < 1.29 is 24.2 Å². The molecule has 0 aromatic heterocycles. The molecule has 98 valence electrons. The van der Waals surface area contributed by atoms with Gasteiger partial charge in [-0.3, -0.25) is 0 Å². The van der Waals surface area contributed by atoms with Gasteiger partial charge in [0.15, 0.2) is 0 Å². The fourth-order valence-electron chi connectivity index (χ4n) is 0.551. The van der Waals surface area contributed by atoms with Crippen molar-refractivity contribution >= 4 is 11.9 Å². The van der Waals surface area contributed by atoms with Gasteiger partial charge in [-0.15, -0.1) is 0 Å². The number of ether oxygens (including phenoxy) is 2. The van der Waals surface area contributed by atoms with Crippen molar-refractivity contribution in [3.05, 3.63) is 24.8 Å². The Balaban J connectivity index is 0. The van der Waals surface area contributed by atoms with E-state index in [4.69, 9.17) is 5.11 Å². The van der Waals surface area contributed by atoms with Gasteiger partial charge in [0.1, 0.15) is 0 Å². The van der Waals surface area contributed by atoms with Crippen LogP contribution in [0.5, 0.6) is 0 Å². The normalized spacial score (nSPS) is 8.41. The van der Waals surface area contributed by atoms with Crippen molar-refractivity contribution in [2.45, 2.75) is 20.3 Å². The Morgan fingerprint density at radius 2 is 1.94 bits per heavy atom. The van der Waals surface area contributed by atoms with E-state index in [2.05, 4.69) is 22.6 Å². The molecule has 0 atom stereocenters. The van der Waals surface area contributed by atoms with Crippen LogP contribution in [0.1, 0.15) is 20.3 Å². The van der Waals surface area contributed by atoms with E-state index in [-0.39, 0.29) is 19.2 Å². The predicted molar refractivity (Wildman–Crippen MR) is 64.3 cm³/mol. The molecule has 17 heavy (non-hydrogen) atoms. The highest BCUT2D eigenvalue weighted by molar-refractivity contribution is 5.86. The number of hydrogen-bond donors (Lipinski definition) is 1. The zero-order valence-electron chi connectivity index (χ0n) is 10.4. The molecule has 0 spiro atoms. The summed E-state index contributed by atoms with van der Waals surface area (Å²) in [5.41, 5.74) is 0.451. The van der Waals surface area contributed by atoms with E-state index in [9.17, 15) is 9.59 Å². The number of hydrogen-bond acceptors (Lipinski definition) is 5. The molecule has 0 saturated heterocycles. The summed E-state index contributed by atoms with van der Waals surface area (Å²) >= 11 is 0. The summed E-state index contributed by atoms with van der Waals surface area (Å²) < 4.78 is 9.08. The highest BCUT2D eigenvalue weighted by atomic mass is 16.5. The van der Waals surface area contributed by atoms with Crippen molar-refractivity contribution in [1.82, 2.24) is 0 Å². The van der Waals surface area contributed by atoms with Crippen molar-refractivity contribution in [3.63, 3.8) is 0 Å². The van der Waals surface area contributed by atoms with Crippen LogP contribution in [0.3, 0.4) is 0 Å². The molecule has 0 bridgehead atoms. The van der Waals surface area contributed by atoms with Gasteiger partial charge in [0.25, 0.3) is 0 Å². The fraction of sp³-hybridized carbons (Fsp3) is 0.500. The van der Waals surface area contributed by atoms with Crippen molar-refractivity contribution in [3.8, 4) is 0 Å². The van der Waals surface area contributed by atoms with Crippen molar-refractivity contribution in [1.29, 1.82) is 0 Å². The summed E-state index contributed by atoms with van der Waals surface area (Å²) in [6.45, 7) is 10.7. The van der Waals surface area contributed by atoms with Crippen LogP contribution in [0.25, 0.3) is 0 Å². The fourth-order valence-corrected chi connectivity index (χ4v) is 0.551. The molecular weight excluding hydrogens is 224 g/mol. The number of rotatable bonds is 6. The Hall–Kier alpha value is -1.62. The van der Waals surface area contributed by atoms with E-state index < -0.39 is 5.97 Å². The van der Waals surface area contributed by atoms with E-state index in [1.54, 1.807) is 13.8 Å². The first-order valence-corrected chi connectivity index (χ1v) is 5.22. The third-order valence-corrected chi connectivity index (χ3v) is 1.34. The van der Waals surface area contributed by atoms with E-state index in [0.717, 1.165) is 6.08 Å². The van der Waals surface area contributed by atoms with Gasteiger partial charge in [-0.2, -0.15) is 0 Å². The van der Waals surface area contributed by atoms with E-state index in [1.165, 1.54) is 0 Å². The highest BCUT2D eigenvalue weighted by Gasteiger charge is 1.98. The van der Waals surface area contributed by atoms with Gasteiger partial charge in [0.05, 0.1) is 13.2 Å². The van der Waals surface area contributed by atoms with Gasteiger partial charge in [0, 0.05) is 24.7 Å². The van der Waals surface area contributed by atoms with Crippen LogP contribution >= 0.6 is 0 Å². The number of aliphatic hydroxyl groups excluding tert-OH is 1. The third kappa shape index (κ3) is 14.4. The van der Waals surface area contributed by atoms with E-state index >= 15 is 0 Å². The summed E-state index contributed by atoms with van der Waals surface area (Å²) in [4.78, 5) is 20.7. The lowest BCUT2D eigenvalue weighted by Crippen LogP contribution is -2.03. The topological polar surface area (TPSA) is 72.8 Å². The predicted octanol–water partition coefficient (Wildman–Crippen LogP) is 1.22. The number of carbonyl (C=O) groups excluding carboxylic acids is 2. The first-order chi connectivity index (χ1) is 7.99. The molecular formula is C12H20O5. The van der Waals surface area contributed by atoms with Crippen LogP contribution in [0.4, 0.5) is 0 Å². The van der Waals surface area contributed by atoms with Crippen LogP contribution in [-0.2, 0) is 19.1 Å².